The first-order valence-corrected chi connectivity index (χ1v) is 11.2. The summed E-state index contributed by atoms with van der Waals surface area (Å²) in [6.45, 7) is 0. The highest BCUT2D eigenvalue weighted by Gasteiger charge is 2.48. The van der Waals surface area contributed by atoms with Gasteiger partial charge in [0.25, 0.3) is 5.78 Å². The third-order valence-corrected chi connectivity index (χ3v) is 7.11. The van der Waals surface area contributed by atoms with E-state index in [0.717, 1.165) is 11.3 Å². The van der Waals surface area contributed by atoms with E-state index in [0.29, 0.717) is 25.7 Å². The number of fused-ring (bicyclic) bond motifs is 1. The van der Waals surface area contributed by atoms with Crippen LogP contribution in [0.1, 0.15) is 16.5 Å². The van der Waals surface area contributed by atoms with Crippen LogP contribution in [0.25, 0.3) is 16.0 Å². The molecule has 2 aromatic carbocycles. The zero-order valence-corrected chi connectivity index (χ0v) is 18.0. The maximum absolute atomic E-state index is 13.6. The number of thiophene rings is 1. The molecule has 1 aliphatic rings. The number of aliphatic hydroxyl groups is 1. The van der Waals surface area contributed by atoms with Crippen LogP contribution < -0.4 is 4.90 Å². The van der Waals surface area contributed by atoms with Gasteiger partial charge >= 0.3 is 5.91 Å². The number of hydrogen-bond donors (Lipinski definition) is 1. The Morgan fingerprint density at radius 1 is 1.13 bits per heavy atom. The van der Waals surface area contributed by atoms with Gasteiger partial charge in [0, 0.05) is 15.5 Å². The Morgan fingerprint density at radius 2 is 1.90 bits per heavy atom. The van der Waals surface area contributed by atoms with E-state index in [4.69, 9.17) is 11.6 Å². The lowest BCUT2D eigenvalue weighted by atomic mass is 10.00. The molecule has 2 aromatic heterocycles. The van der Waals surface area contributed by atoms with Crippen molar-refractivity contribution in [3.8, 4) is 0 Å². The van der Waals surface area contributed by atoms with E-state index in [1.165, 1.54) is 34.4 Å². The third kappa shape index (κ3) is 3.33. The zero-order valence-electron chi connectivity index (χ0n) is 15.6. The minimum Gasteiger partial charge on any atom is -0.507 e. The van der Waals surface area contributed by atoms with Crippen LogP contribution in [0.15, 0.2) is 65.6 Å². The summed E-state index contributed by atoms with van der Waals surface area (Å²) in [5.74, 6) is -2.31. The Kier molecular flexibility index (Phi) is 4.85. The van der Waals surface area contributed by atoms with Crippen molar-refractivity contribution in [2.24, 2.45) is 0 Å². The predicted molar refractivity (Wildman–Crippen MR) is 120 cm³/mol. The number of rotatable bonds is 3. The van der Waals surface area contributed by atoms with E-state index in [-0.39, 0.29) is 16.5 Å². The summed E-state index contributed by atoms with van der Waals surface area (Å²) in [7, 11) is 0. The number of carbonyl (C=O) groups excluding carboxylic acids is 2. The zero-order chi connectivity index (χ0) is 21.7. The Morgan fingerprint density at radius 3 is 2.61 bits per heavy atom. The van der Waals surface area contributed by atoms with Crippen LogP contribution in [0.5, 0.6) is 0 Å². The van der Waals surface area contributed by atoms with E-state index in [1.807, 2.05) is 5.38 Å². The number of benzene rings is 2. The molecule has 3 heterocycles. The molecule has 0 spiro atoms. The van der Waals surface area contributed by atoms with Crippen LogP contribution in [0.4, 0.5) is 9.52 Å². The number of carbonyl (C=O) groups is 2. The fourth-order valence-corrected chi connectivity index (χ4v) is 5.47. The van der Waals surface area contributed by atoms with Gasteiger partial charge in [-0.1, -0.05) is 29.0 Å². The first-order valence-electron chi connectivity index (χ1n) is 9.10. The molecule has 0 saturated carbocycles. The van der Waals surface area contributed by atoms with Crippen molar-refractivity contribution in [2.45, 2.75) is 6.04 Å². The van der Waals surface area contributed by atoms with Crippen LogP contribution in [-0.4, -0.2) is 21.8 Å². The average molecular weight is 471 g/mol. The summed E-state index contributed by atoms with van der Waals surface area (Å²) in [5, 5.41) is 13.5. The Bertz CT molecular complexity index is 1360. The van der Waals surface area contributed by atoms with Gasteiger partial charge in [0.2, 0.25) is 0 Å². The van der Waals surface area contributed by atoms with Crippen LogP contribution in [-0.2, 0) is 9.59 Å². The smallest absolute Gasteiger partial charge is 0.301 e. The lowest BCUT2D eigenvalue weighted by Gasteiger charge is -2.21. The molecule has 1 N–H and O–H groups in total. The summed E-state index contributed by atoms with van der Waals surface area (Å²) < 4.78 is 14.2. The predicted octanol–water partition coefficient (Wildman–Crippen LogP) is 5.78. The van der Waals surface area contributed by atoms with E-state index in [2.05, 4.69) is 4.98 Å². The number of amides is 1. The molecular formula is C22H12ClFN2O3S2. The number of halogens is 2. The Balaban J connectivity index is 1.71. The molecule has 4 aromatic rings. The van der Waals surface area contributed by atoms with Gasteiger partial charge in [-0.05, 0) is 53.9 Å². The van der Waals surface area contributed by atoms with Crippen molar-refractivity contribution in [3.63, 3.8) is 0 Å². The molecule has 154 valence electrons. The summed E-state index contributed by atoms with van der Waals surface area (Å²) >= 11 is 8.40. The van der Waals surface area contributed by atoms with Crippen molar-refractivity contribution >= 4 is 67.1 Å². The second kappa shape index (κ2) is 7.56. The van der Waals surface area contributed by atoms with Gasteiger partial charge in [-0.3, -0.25) is 14.5 Å². The lowest BCUT2D eigenvalue weighted by Crippen LogP contribution is -2.28. The highest BCUT2D eigenvalue weighted by molar-refractivity contribution is 7.22. The topological polar surface area (TPSA) is 70.5 Å². The number of hydrogen-bond acceptors (Lipinski definition) is 6. The van der Waals surface area contributed by atoms with E-state index < -0.39 is 23.5 Å². The summed E-state index contributed by atoms with van der Waals surface area (Å²) in [5.41, 5.74) is 0.862. The highest BCUT2D eigenvalue weighted by Crippen LogP contribution is 2.45. The van der Waals surface area contributed by atoms with Gasteiger partial charge in [-0.15, -0.1) is 11.3 Å². The van der Waals surface area contributed by atoms with Gasteiger partial charge in [0.05, 0.1) is 15.8 Å². The Labute approximate surface area is 188 Å². The maximum atomic E-state index is 13.6. The standard InChI is InChI=1S/C22H12ClFN2O3S2/c23-12-5-3-11(4-6-12)19(27)17-18(15-2-1-9-30-15)26(21(29)20(17)28)22-25-14-8-7-13(24)10-16(14)31-22/h1-10,18,27H/b19-17+. The largest absolute Gasteiger partial charge is 0.507 e. The fraction of sp³-hybridized carbons (Fsp3) is 0.0455. The minimum atomic E-state index is -0.846. The fourth-order valence-electron chi connectivity index (χ4n) is 3.50. The molecule has 0 aliphatic carbocycles. The molecule has 0 bridgehead atoms. The van der Waals surface area contributed by atoms with Crippen LogP contribution >= 0.6 is 34.3 Å². The number of Topliss-reactive ketones (excluding diaryl/α,β-unsaturated/α-hetero) is 1. The average Bonchev–Trinajstić information content (AvgIpc) is 3.47. The van der Waals surface area contributed by atoms with E-state index in [9.17, 15) is 19.1 Å². The van der Waals surface area contributed by atoms with Gasteiger partial charge in [0.15, 0.2) is 5.13 Å². The molecule has 5 nitrogen and oxygen atoms in total. The van der Waals surface area contributed by atoms with Crippen LogP contribution in [0, 0.1) is 5.82 Å². The molecule has 1 aliphatic heterocycles. The van der Waals surface area contributed by atoms with Crippen molar-refractivity contribution in [1.29, 1.82) is 0 Å². The molecule has 1 saturated heterocycles. The number of nitrogens with zero attached hydrogens (tertiary/aromatic N) is 2. The number of thiazole rings is 1. The number of ketones is 1. The van der Waals surface area contributed by atoms with Crippen molar-refractivity contribution in [3.05, 3.63) is 86.8 Å². The summed E-state index contributed by atoms with van der Waals surface area (Å²) in [6.07, 6.45) is 0. The molecule has 1 amide bonds. The monoisotopic (exact) mass is 470 g/mol. The number of aromatic nitrogens is 1. The second-order valence-electron chi connectivity index (χ2n) is 6.80. The second-order valence-corrected chi connectivity index (χ2v) is 9.22. The molecule has 5 rings (SSSR count). The summed E-state index contributed by atoms with van der Waals surface area (Å²) in [4.78, 5) is 32.5. The van der Waals surface area contributed by atoms with Gasteiger partial charge in [-0.25, -0.2) is 9.37 Å². The molecule has 9 heteroatoms. The first-order chi connectivity index (χ1) is 14.9. The van der Waals surface area contributed by atoms with Crippen molar-refractivity contribution in [1.82, 2.24) is 4.98 Å². The van der Waals surface area contributed by atoms with Gasteiger partial charge in [0.1, 0.15) is 17.6 Å². The molecule has 1 unspecified atom stereocenters. The maximum Gasteiger partial charge on any atom is 0.301 e. The quantitative estimate of drug-likeness (QED) is 0.234. The van der Waals surface area contributed by atoms with Gasteiger partial charge < -0.3 is 5.11 Å². The molecule has 31 heavy (non-hydrogen) atoms. The van der Waals surface area contributed by atoms with Gasteiger partial charge in [-0.2, -0.15) is 0 Å². The van der Waals surface area contributed by atoms with E-state index >= 15 is 0 Å². The first kappa shape index (κ1) is 19.9. The molecule has 1 fully saturated rings. The minimum absolute atomic E-state index is 0.0276. The Hall–Kier alpha value is -3.07. The SMILES string of the molecule is O=C1C(=O)N(c2nc3ccc(F)cc3s2)C(c2cccs2)/C1=C(\O)c1ccc(Cl)cc1. The normalized spacial score (nSPS) is 18.3. The lowest BCUT2D eigenvalue weighted by molar-refractivity contribution is -0.132. The van der Waals surface area contributed by atoms with Crippen LogP contribution in [0.3, 0.4) is 0 Å². The van der Waals surface area contributed by atoms with E-state index in [1.54, 1.807) is 36.4 Å². The molecule has 1 atom stereocenters. The third-order valence-electron chi connectivity index (χ3n) is 4.92. The molecule has 0 radical (unpaired) electrons. The molecular weight excluding hydrogens is 459 g/mol. The number of aliphatic hydroxyl groups excluding tert-OH is 1. The van der Waals surface area contributed by atoms with Crippen molar-refractivity contribution < 1.29 is 19.1 Å². The highest BCUT2D eigenvalue weighted by atomic mass is 35.5. The van der Waals surface area contributed by atoms with Crippen molar-refractivity contribution in [2.75, 3.05) is 4.90 Å². The number of anilines is 1. The van der Waals surface area contributed by atoms with Crippen LogP contribution in [0.2, 0.25) is 5.02 Å². The summed E-state index contributed by atoms with van der Waals surface area (Å²) in [6, 6.07) is 13.2.